The smallest absolute Gasteiger partial charge is 0.123 e. The summed E-state index contributed by atoms with van der Waals surface area (Å²) in [6, 6.07) is 10.4. The van der Waals surface area contributed by atoms with Crippen molar-refractivity contribution in [3.05, 3.63) is 58.0 Å². The van der Waals surface area contributed by atoms with E-state index in [2.05, 4.69) is 11.4 Å². The Morgan fingerprint density at radius 3 is 2.61 bits per heavy atom. The zero-order valence-corrected chi connectivity index (χ0v) is 11.1. The summed E-state index contributed by atoms with van der Waals surface area (Å²) in [5, 5.41) is 12.2. The van der Waals surface area contributed by atoms with Gasteiger partial charge in [-0.15, -0.1) is 22.7 Å². The number of benzene rings is 1. The van der Waals surface area contributed by atoms with Crippen molar-refractivity contribution in [2.75, 3.05) is 0 Å². The summed E-state index contributed by atoms with van der Waals surface area (Å²) in [4.78, 5) is 0.973. The fraction of sp³-hybridized carbons (Fsp3) is 0.143. The topological polar surface area (TPSA) is 20.2 Å². The molecule has 1 nitrogen and oxygen atoms in total. The number of thiophene rings is 2. The average Bonchev–Trinajstić information content (AvgIpc) is 2.92. The van der Waals surface area contributed by atoms with Crippen molar-refractivity contribution in [2.24, 2.45) is 0 Å². The molecule has 1 unspecified atom stereocenters. The van der Waals surface area contributed by atoms with Gasteiger partial charge in [-0.05, 0) is 35.2 Å². The van der Waals surface area contributed by atoms with Gasteiger partial charge < -0.3 is 5.11 Å². The molecule has 18 heavy (non-hydrogen) atoms. The summed E-state index contributed by atoms with van der Waals surface area (Å²) >= 11 is 3.30. The molecule has 0 fully saturated rings. The van der Waals surface area contributed by atoms with Gasteiger partial charge >= 0.3 is 0 Å². The normalized spacial score (nSPS) is 13.0. The molecule has 0 aliphatic heterocycles. The minimum atomic E-state index is -0.514. The van der Waals surface area contributed by atoms with Crippen molar-refractivity contribution in [3.63, 3.8) is 0 Å². The molecule has 0 amide bonds. The molecular formula is C14H11FOS2. The van der Waals surface area contributed by atoms with E-state index in [0.29, 0.717) is 6.42 Å². The molecule has 2 heterocycles. The van der Waals surface area contributed by atoms with Crippen molar-refractivity contribution >= 4 is 32.1 Å². The molecule has 0 radical (unpaired) electrons. The minimum Gasteiger partial charge on any atom is -0.387 e. The largest absolute Gasteiger partial charge is 0.387 e. The van der Waals surface area contributed by atoms with Crippen LogP contribution in [0.25, 0.3) is 9.40 Å². The van der Waals surface area contributed by atoms with E-state index < -0.39 is 6.10 Å². The summed E-state index contributed by atoms with van der Waals surface area (Å²) in [7, 11) is 0. The zero-order valence-electron chi connectivity index (χ0n) is 9.47. The van der Waals surface area contributed by atoms with Crippen LogP contribution in [0, 0.1) is 5.82 Å². The zero-order chi connectivity index (χ0) is 12.5. The van der Waals surface area contributed by atoms with E-state index in [1.54, 1.807) is 34.8 Å². The van der Waals surface area contributed by atoms with Gasteiger partial charge in [0.15, 0.2) is 0 Å². The van der Waals surface area contributed by atoms with Crippen LogP contribution in [0.3, 0.4) is 0 Å². The number of aliphatic hydroxyl groups excluding tert-OH is 1. The Morgan fingerprint density at radius 2 is 1.89 bits per heavy atom. The van der Waals surface area contributed by atoms with Gasteiger partial charge in [-0.3, -0.25) is 0 Å². The van der Waals surface area contributed by atoms with Crippen LogP contribution in [0.1, 0.15) is 16.5 Å². The van der Waals surface area contributed by atoms with Crippen molar-refractivity contribution in [2.45, 2.75) is 12.5 Å². The second-order valence-electron chi connectivity index (χ2n) is 4.14. The summed E-state index contributed by atoms with van der Waals surface area (Å²) < 4.78 is 15.2. The van der Waals surface area contributed by atoms with Gasteiger partial charge in [0, 0.05) is 20.7 Å². The van der Waals surface area contributed by atoms with E-state index in [9.17, 15) is 9.50 Å². The third-order valence-electron chi connectivity index (χ3n) is 2.83. The molecule has 0 spiro atoms. The molecule has 1 N–H and O–H groups in total. The van der Waals surface area contributed by atoms with Crippen molar-refractivity contribution in [3.8, 4) is 0 Å². The van der Waals surface area contributed by atoms with E-state index >= 15 is 0 Å². The third kappa shape index (κ3) is 2.32. The second-order valence-corrected chi connectivity index (χ2v) is 6.21. The molecule has 0 saturated carbocycles. The van der Waals surface area contributed by atoms with Crippen LogP contribution in [0.2, 0.25) is 0 Å². The van der Waals surface area contributed by atoms with Crippen LogP contribution in [0.5, 0.6) is 0 Å². The highest BCUT2D eigenvalue weighted by Crippen LogP contribution is 2.34. The van der Waals surface area contributed by atoms with E-state index in [4.69, 9.17) is 0 Å². The highest BCUT2D eigenvalue weighted by atomic mass is 32.1. The van der Waals surface area contributed by atoms with Gasteiger partial charge in [0.1, 0.15) is 5.82 Å². The van der Waals surface area contributed by atoms with E-state index in [-0.39, 0.29) is 5.82 Å². The maximum atomic E-state index is 12.8. The summed E-state index contributed by atoms with van der Waals surface area (Å²) in [6.45, 7) is 0. The average molecular weight is 278 g/mol. The molecule has 1 aromatic carbocycles. The van der Waals surface area contributed by atoms with Gasteiger partial charge in [-0.2, -0.15) is 0 Å². The number of aliphatic hydroxyl groups is 1. The van der Waals surface area contributed by atoms with Gasteiger partial charge in [0.05, 0.1) is 6.10 Å². The molecule has 3 rings (SSSR count). The first kappa shape index (κ1) is 11.8. The lowest BCUT2D eigenvalue weighted by atomic mass is 10.1. The van der Waals surface area contributed by atoms with E-state index in [0.717, 1.165) is 10.4 Å². The molecule has 92 valence electrons. The Morgan fingerprint density at radius 1 is 1.11 bits per heavy atom. The van der Waals surface area contributed by atoms with E-state index in [1.165, 1.54) is 21.5 Å². The molecule has 1 atom stereocenters. The van der Waals surface area contributed by atoms with E-state index in [1.807, 2.05) is 6.07 Å². The maximum absolute atomic E-state index is 12.8. The predicted octanol–water partition coefficient (Wildman–Crippen LogP) is 4.38. The Hall–Kier alpha value is -1.23. The SMILES string of the molecule is OC(Cc1ccc(F)cc1)c1cc2sccc2s1. The Kier molecular flexibility index (Phi) is 3.16. The number of hydrogen-bond donors (Lipinski definition) is 1. The first-order valence-electron chi connectivity index (χ1n) is 5.62. The lowest BCUT2D eigenvalue weighted by molar-refractivity contribution is 0.182. The predicted molar refractivity (Wildman–Crippen MR) is 74.8 cm³/mol. The maximum Gasteiger partial charge on any atom is 0.123 e. The first-order valence-corrected chi connectivity index (χ1v) is 7.31. The van der Waals surface area contributed by atoms with Crippen molar-refractivity contribution < 1.29 is 9.50 Å². The molecule has 0 bridgehead atoms. The van der Waals surface area contributed by atoms with Crippen molar-refractivity contribution in [1.29, 1.82) is 0 Å². The molecule has 0 aliphatic carbocycles. The number of fused-ring (bicyclic) bond motifs is 1. The number of rotatable bonds is 3. The van der Waals surface area contributed by atoms with Crippen LogP contribution in [0.4, 0.5) is 4.39 Å². The van der Waals surface area contributed by atoms with Crippen LogP contribution in [-0.4, -0.2) is 5.11 Å². The van der Waals surface area contributed by atoms with Crippen molar-refractivity contribution in [1.82, 2.24) is 0 Å². The molecule has 3 aromatic rings. The fourth-order valence-corrected chi connectivity index (χ4v) is 4.00. The van der Waals surface area contributed by atoms with Gasteiger partial charge in [-0.25, -0.2) is 4.39 Å². The molecule has 4 heteroatoms. The molecular weight excluding hydrogens is 267 g/mol. The summed E-state index contributed by atoms with van der Waals surface area (Å²) in [6.07, 6.45) is 0.00805. The lowest BCUT2D eigenvalue weighted by Gasteiger charge is -2.08. The van der Waals surface area contributed by atoms with Crippen LogP contribution >= 0.6 is 22.7 Å². The monoisotopic (exact) mass is 278 g/mol. The molecule has 0 aliphatic rings. The number of halogens is 1. The third-order valence-corrected chi connectivity index (χ3v) is 5.02. The highest BCUT2D eigenvalue weighted by Gasteiger charge is 2.12. The highest BCUT2D eigenvalue weighted by molar-refractivity contribution is 7.26. The Bertz CT molecular complexity index is 625. The Labute approximate surface area is 112 Å². The quantitative estimate of drug-likeness (QED) is 0.754. The van der Waals surface area contributed by atoms with Crippen LogP contribution in [0.15, 0.2) is 41.8 Å². The van der Waals surface area contributed by atoms with Crippen LogP contribution < -0.4 is 0 Å². The van der Waals surface area contributed by atoms with Gasteiger partial charge in [0.25, 0.3) is 0 Å². The van der Waals surface area contributed by atoms with Gasteiger partial charge in [0.2, 0.25) is 0 Å². The summed E-state index contributed by atoms with van der Waals surface area (Å²) in [5.41, 5.74) is 0.945. The number of hydrogen-bond acceptors (Lipinski definition) is 3. The Balaban J connectivity index is 1.80. The fourth-order valence-electron chi connectivity index (χ4n) is 1.89. The lowest BCUT2D eigenvalue weighted by Crippen LogP contribution is -1.99. The summed E-state index contributed by atoms with van der Waals surface area (Å²) in [5.74, 6) is -0.245. The molecule has 0 saturated heterocycles. The standard InChI is InChI=1S/C14H11FOS2/c15-10-3-1-9(2-4-10)7-11(16)13-8-14-12(18-13)5-6-17-14/h1-6,8,11,16H,7H2. The minimum absolute atomic E-state index is 0.245. The van der Waals surface area contributed by atoms with Crippen LogP contribution in [-0.2, 0) is 6.42 Å². The first-order chi connectivity index (χ1) is 8.72. The second kappa shape index (κ2) is 4.80. The van der Waals surface area contributed by atoms with Gasteiger partial charge in [-0.1, -0.05) is 12.1 Å². The molecule has 2 aromatic heterocycles.